The second-order valence-corrected chi connectivity index (χ2v) is 33.0. The van der Waals surface area contributed by atoms with E-state index >= 15 is 0 Å². The molecule has 0 aliphatic rings. The third kappa shape index (κ3) is 74.3. The smallest absolute Gasteiger partial charge is 0.462 e. The molecule has 0 radical (unpaired) electrons. The summed E-state index contributed by atoms with van der Waals surface area (Å²) in [5, 5.41) is 10.6. The number of hydrogen-bond donors (Lipinski definition) is 3. The first kappa shape index (κ1) is 98.1. The van der Waals surface area contributed by atoms with Crippen LogP contribution in [0.4, 0.5) is 0 Å². The number of unbranched alkanes of at least 4 members (excludes halogenated alkanes) is 50. The van der Waals surface area contributed by atoms with Gasteiger partial charge in [0.25, 0.3) is 0 Å². The lowest BCUT2D eigenvalue weighted by atomic mass is 10.0. The van der Waals surface area contributed by atoms with E-state index < -0.39 is 97.5 Å². The number of hydrogen-bond acceptors (Lipinski definition) is 15. The van der Waals surface area contributed by atoms with Crippen molar-refractivity contribution in [2.45, 2.75) is 445 Å². The van der Waals surface area contributed by atoms with Crippen LogP contribution in [0.25, 0.3) is 0 Å². The number of rotatable bonds is 80. The largest absolute Gasteiger partial charge is 0.472 e. The van der Waals surface area contributed by atoms with Crippen LogP contribution in [0.5, 0.6) is 0 Å². The molecule has 0 fully saturated rings. The van der Waals surface area contributed by atoms with Gasteiger partial charge in [-0.15, -0.1) is 0 Å². The molecule has 0 aliphatic heterocycles. The number of phosphoric acid groups is 2. The number of carbonyl (C=O) groups excluding carboxylic acids is 4. The van der Waals surface area contributed by atoms with Gasteiger partial charge >= 0.3 is 39.5 Å². The molecule has 0 bridgehead atoms. The number of aliphatic hydroxyl groups is 1. The van der Waals surface area contributed by atoms with Crippen LogP contribution in [0.1, 0.15) is 427 Å². The van der Waals surface area contributed by atoms with Crippen molar-refractivity contribution in [2.24, 2.45) is 11.8 Å². The maximum Gasteiger partial charge on any atom is 0.472 e. The first-order chi connectivity index (χ1) is 48.4. The van der Waals surface area contributed by atoms with Gasteiger partial charge in [-0.3, -0.25) is 37.3 Å². The average molecular weight is 1470 g/mol. The number of carbonyl (C=O) groups is 4. The highest BCUT2D eigenvalue weighted by molar-refractivity contribution is 7.47. The van der Waals surface area contributed by atoms with Crippen LogP contribution in [0.2, 0.25) is 0 Å². The van der Waals surface area contributed by atoms with Crippen molar-refractivity contribution in [1.82, 2.24) is 0 Å². The Bertz CT molecular complexity index is 1920. The Balaban J connectivity index is 5.24. The molecule has 0 spiro atoms. The highest BCUT2D eigenvalue weighted by Crippen LogP contribution is 2.45. The van der Waals surface area contributed by atoms with E-state index in [1.54, 1.807) is 0 Å². The highest BCUT2D eigenvalue weighted by Gasteiger charge is 2.30. The van der Waals surface area contributed by atoms with Gasteiger partial charge in [-0.05, 0) is 37.5 Å². The minimum Gasteiger partial charge on any atom is -0.462 e. The number of phosphoric ester groups is 2. The normalized spacial score (nSPS) is 13.9. The summed E-state index contributed by atoms with van der Waals surface area (Å²) < 4.78 is 68.7. The first-order valence-corrected chi connectivity index (χ1v) is 45.0. The van der Waals surface area contributed by atoms with Crippen LogP contribution in [0.3, 0.4) is 0 Å². The molecule has 17 nitrogen and oxygen atoms in total. The Kier molecular flexibility index (Phi) is 71.2. The number of aliphatic hydroxyl groups excluding tert-OH is 1. The third-order valence-corrected chi connectivity index (χ3v) is 20.9. The second kappa shape index (κ2) is 72.6. The lowest BCUT2D eigenvalue weighted by Crippen LogP contribution is -2.30. The minimum atomic E-state index is -4.96. The molecular formula is C81H158O17P2. The molecule has 0 saturated heterocycles. The monoisotopic (exact) mass is 1470 g/mol. The fourth-order valence-electron chi connectivity index (χ4n) is 12.5. The Hall–Kier alpha value is -1.94. The molecule has 0 amide bonds. The minimum absolute atomic E-state index is 0.108. The lowest BCUT2D eigenvalue weighted by molar-refractivity contribution is -0.161. The van der Waals surface area contributed by atoms with E-state index in [9.17, 15) is 43.2 Å². The van der Waals surface area contributed by atoms with Crippen LogP contribution in [0.15, 0.2) is 0 Å². The summed E-state index contributed by atoms with van der Waals surface area (Å²) in [6.07, 6.45) is 62.4. The van der Waals surface area contributed by atoms with Crippen molar-refractivity contribution >= 4 is 39.5 Å². The summed E-state index contributed by atoms with van der Waals surface area (Å²) >= 11 is 0. The average Bonchev–Trinajstić information content (AvgIpc) is 0.928. The zero-order valence-corrected chi connectivity index (χ0v) is 67.3. The fourth-order valence-corrected chi connectivity index (χ4v) is 14.1. The van der Waals surface area contributed by atoms with E-state index in [2.05, 4.69) is 41.5 Å². The van der Waals surface area contributed by atoms with Crippen LogP contribution in [0, 0.1) is 11.8 Å². The predicted octanol–water partition coefficient (Wildman–Crippen LogP) is 24.3. The maximum absolute atomic E-state index is 13.1. The molecule has 0 heterocycles. The van der Waals surface area contributed by atoms with Crippen molar-refractivity contribution in [1.29, 1.82) is 0 Å². The van der Waals surface area contributed by atoms with Crippen molar-refractivity contribution < 1.29 is 80.2 Å². The Morgan fingerprint density at radius 2 is 0.460 bits per heavy atom. The van der Waals surface area contributed by atoms with Gasteiger partial charge in [0.1, 0.15) is 19.3 Å². The molecule has 0 aromatic heterocycles. The predicted molar refractivity (Wildman–Crippen MR) is 409 cm³/mol. The fraction of sp³-hybridized carbons (Fsp3) is 0.951. The molecular weight excluding hydrogens is 1310 g/mol. The molecule has 594 valence electrons. The SMILES string of the molecule is CCCCCCCCCCCCCCCCCCCCCCC(=O)O[C@H](COC(=O)CCCCCCCCCCCCCC(C)C)COP(=O)(O)OC[C@@H](O)COP(=O)(O)OC[C@@H](COC(=O)CCCCCCCCCCCC(C)C)OC(=O)CCCCCCCCCCCCCCCC. The zero-order valence-electron chi connectivity index (χ0n) is 65.5. The van der Waals surface area contributed by atoms with Gasteiger partial charge in [0, 0.05) is 25.7 Å². The second-order valence-electron chi connectivity index (χ2n) is 30.1. The molecule has 0 rings (SSSR count). The Labute approximate surface area is 613 Å². The highest BCUT2D eigenvalue weighted by atomic mass is 31.2. The summed E-state index contributed by atoms with van der Waals surface area (Å²) in [5.74, 6) is -0.593. The molecule has 0 aliphatic carbocycles. The molecule has 0 aromatic rings. The molecule has 2 unspecified atom stereocenters. The third-order valence-electron chi connectivity index (χ3n) is 19.0. The van der Waals surface area contributed by atoms with Crippen LogP contribution < -0.4 is 0 Å². The molecule has 3 N–H and O–H groups in total. The Morgan fingerprint density at radius 3 is 0.680 bits per heavy atom. The standard InChI is InChI=1S/C81H158O17P2/c1-7-9-11-13-15-17-19-21-23-24-25-26-27-28-30-34-41-48-54-60-66-81(86)97-76(69-91-78(83)63-57-51-45-39-35-31-32-37-43-49-55-61-73(3)4)71-95-99(87,88)93-67-75(82)68-94-100(89,90)96-72-77(70-92-79(84)64-58-52-46-42-36-38-44-50-56-62-74(5)6)98-80(85)65-59-53-47-40-33-29-22-20-18-16-14-12-10-8-2/h73-77,82H,7-72H2,1-6H3,(H,87,88)(H,89,90)/t75-,76-,77-/m1/s1. The van der Waals surface area contributed by atoms with E-state index in [1.807, 2.05) is 0 Å². The van der Waals surface area contributed by atoms with Crippen LogP contribution >= 0.6 is 15.6 Å². The van der Waals surface area contributed by atoms with E-state index in [0.717, 1.165) is 102 Å². The van der Waals surface area contributed by atoms with Gasteiger partial charge in [0.15, 0.2) is 12.2 Å². The van der Waals surface area contributed by atoms with Crippen molar-refractivity contribution in [3.05, 3.63) is 0 Å². The summed E-state index contributed by atoms with van der Waals surface area (Å²) in [6.45, 7) is 9.62. The summed E-state index contributed by atoms with van der Waals surface area (Å²) in [7, 11) is -9.92. The first-order valence-electron chi connectivity index (χ1n) is 42.0. The summed E-state index contributed by atoms with van der Waals surface area (Å²) in [6, 6.07) is 0. The van der Waals surface area contributed by atoms with Gasteiger partial charge in [-0.2, -0.15) is 0 Å². The molecule has 0 aromatic carbocycles. The lowest BCUT2D eigenvalue weighted by Gasteiger charge is -2.21. The Morgan fingerprint density at radius 1 is 0.270 bits per heavy atom. The topological polar surface area (TPSA) is 237 Å². The number of ether oxygens (including phenoxy) is 4. The maximum atomic E-state index is 13.1. The van der Waals surface area contributed by atoms with E-state index in [-0.39, 0.29) is 25.7 Å². The van der Waals surface area contributed by atoms with Gasteiger partial charge < -0.3 is 33.8 Å². The van der Waals surface area contributed by atoms with Gasteiger partial charge in [0.05, 0.1) is 26.4 Å². The van der Waals surface area contributed by atoms with E-state index in [4.69, 9.17) is 37.0 Å². The molecule has 0 saturated carbocycles. The van der Waals surface area contributed by atoms with Crippen molar-refractivity contribution in [3.63, 3.8) is 0 Å². The number of esters is 4. The van der Waals surface area contributed by atoms with Crippen LogP contribution in [-0.2, 0) is 65.4 Å². The van der Waals surface area contributed by atoms with Crippen LogP contribution in [-0.4, -0.2) is 96.7 Å². The van der Waals surface area contributed by atoms with Crippen molar-refractivity contribution in [2.75, 3.05) is 39.6 Å². The van der Waals surface area contributed by atoms with Gasteiger partial charge in [-0.1, -0.05) is 375 Å². The van der Waals surface area contributed by atoms with Gasteiger partial charge in [-0.25, -0.2) is 9.13 Å². The van der Waals surface area contributed by atoms with E-state index in [0.29, 0.717) is 25.7 Å². The quantitative estimate of drug-likeness (QED) is 0.0222. The van der Waals surface area contributed by atoms with E-state index in [1.165, 1.54) is 244 Å². The molecule has 5 atom stereocenters. The molecule has 100 heavy (non-hydrogen) atoms. The van der Waals surface area contributed by atoms with Crippen molar-refractivity contribution in [3.8, 4) is 0 Å². The summed E-state index contributed by atoms with van der Waals surface area (Å²) in [4.78, 5) is 73.0. The zero-order chi connectivity index (χ0) is 73.5. The molecule has 19 heteroatoms. The summed E-state index contributed by atoms with van der Waals surface area (Å²) in [5.41, 5.74) is 0. The van der Waals surface area contributed by atoms with Gasteiger partial charge in [0.2, 0.25) is 0 Å².